The van der Waals surface area contributed by atoms with Gasteiger partial charge in [0.1, 0.15) is 17.3 Å². The Bertz CT molecular complexity index is 874. The molecule has 1 unspecified atom stereocenters. The highest BCUT2D eigenvalue weighted by molar-refractivity contribution is 6.03. The Morgan fingerprint density at radius 3 is 2.68 bits per heavy atom. The number of hydrogen-bond donors (Lipinski definition) is 0. The minimum absolute atomic E-state index is 0.0676. The van der Waals surface area contributed by atoms with Crippen LogP contribution in [0.1, 0.15) is 52.3 Å². The fourth-order valence-electron chi connectivity index (χ4n) is 3.58. The molecule has 0 saturated carbocycles. The van der Waals surface area contributed by atoms with E-state index in [1.165, 1.54) is 0 Å². The Hall–Kier alpha value is -2.69. The van der Waals surface area contributed by atoms with Crippen molar-refractivity contribution >= 4 is 11.5 Å². The van der Waals surface area contributed by atoms with E-state index < -0.39 is 0 Å². The third-order valence-corrected chi connectivity index (χ3v) is 4.67. The van der Waals surface area contributed by atoms with Crippen molar-refractivity contribution in [2.75, 3.05) is 13.4 Å². The average Bonchev–Trinajstić information content (AvgIpc) is 3.12. The molecule has 0 amide bonds. The number of ketones is 1. The van der Waals surface area contributed by atoms with Gasteiger partial charge in [0, 0.05) is 12.3 Å². The van der Waals surface area contributed by atoms with E-state index in [0.717, 1.165) is 22.6 Å². The molecule has 2 aliphatic rings. The first-order valence-electron chi connectivity index (χ1n) is 8.46. The predicted octanol–water partition coefficient (Wildman–Crippen LogP) is 4.37. The number of furan rings is 1. The summed E-state index contributed by atoms with van der Waals surface area (Å²) in [4.78, 5) is 12.9. The normalized spacial score (nSPS) is 18.6. The molecular weight excluding hydrogens is 320 g/mol. The molecule has 0 bridgehead atoms. The molecule has 1 aromatic heterocycles. The lowest BCUT2D eigenvalue weighted by Crippen LogP contribution is -2.05. The zero-order chi connectivity index (χ0) is 17.6. The smallest absolute Gasteiger partial charge is 0.231 e. The van der Waals surface area contributed by atoms with Crippen molar-refractivity contribution in [2.24, 2.45) is 0 Å². The van der Waals surface area contributed by atoms with E-state index in [1.807, 2.05) is 45.0 Å². The van der Waals surface area contributed by atoms with Crippen molar-refractivity contribution in [3.63, 3.8) is 0 Å². The quantitative estimate of drug-likeness (QED) is 0.830. The number of rotatable bonds is 3. The van der Waals surface area contributed by atoms with E-state index in [2.05, 4.69) is 0 Å². The molecule has 0 N–H and O–H groups in total. The number of allylic oxidation sites excluding steroid dienone is 1. The maximum atomic E-state index is 12.9. The number of fused-ring (bicyclic) bond motifs is 2. The summed E-state index contributed by atoms with van der Waals surface area (Å²) in [6.45, 7) is 6.39. The van der Waals surface area contributed by atoms with Crippen LogP contribution in [0.2, 0.25) is 0 Å². The van der Waals surface area contributed by atoms with Crippen LogP contribution in [0, 0.1) is 13.8 Å². The van der Waals surface area contributed by atoms with Gasteiger partial charge in [-0.1, -0.05) is 6.07 Å². The highest BCUT2D eigenvalue weighted by Gasteiger charge is 2.31. The molecule has 130 valence electrons. The number of carbonyl (C=O) groups is 1. The van der Waals surface area contributed by atoms with E-state index >= 15 is 0 Å². The second-order valence-corrected chi connectivity index (χ2v) is 6.27. The zero-order valence-corrected chi connectivity index (χ0v) is 14.5. The number of Topliss-reactive ketones (excluding diaryl/α,β-unsaturated/α-hetero) is 1. The molecular formula is C20H20O5. The monoisotopic (exact) mass is 340 g/mol. The Kier molecular flexibility index (Phi) is 3.79. The van der Waals surface area contributed by atoms with Gasteiger partial charge in [0.2, 0.25) is 6.79 Å². The SMILES string of the molecule is CCOC1=CC(c2ccc3c(c2)OCO3)CC(=O)c2c(C)oc(C)c21. The van der Waals surface area contributed by atoms with Gasteiger partial charge in [-0.25, -0.2) is 0 Å². The first kappa shape index (κ1) is 15.8. The van der Waals surface area contributed by atoms with Crippen LogP contribution in [-0.2, 0) is 4.74 Å². The fraction of sp³-hybridized carbons (Fsp3) is 0.350. The maximum absolute atomic E-state index is 12.9. The van der Waals surface area contributed by atoms with E-state index in [-0.39, 0.29) is 18.5 Å². The van der Waals surface area contributed by atoms with Crippen molar-refractivity contribution in [2.45, 2.75) is 33.1 Å². The third kappa shape index (κ3) is 2.60. The minimum atomic E-state index is -0.0882. The van der Waals surface area contributed by atoms with Gasteiger partial charge in [-0.2, -0.15) is 0 Å². The largest absolute Gasteiger partial charge is 0.493 e. The topological polar surface area (TPSA) is 57.9 Å². The van der Waals surface area contributed by atoms with Gasteiger partial charge in [0.05, 0.1) is 17.7 Å². The van der Waals surface area contributed by atoms with Crippen molar-refractivity contribution in [3.05, 3.63) is 52.5 Å². The molecule has 0 radical (unpaired) electrons. The lowest BCUT2D eigenvalue weighted by molar-refractivity contribution is 0.0977. The number of carbonyl (C=O) groups excluding carboxylic acids is 1. The van der Waals surface area contributed by atoms with Crippen LogP contribution < -0.4 is 9.47 Å². The Morgan fingerprint density at radius 2 is 1.88 bits per heavy atom. The molecule has 2 heterocycles. The van der Waals surface area contributed by atoms with Crippen LogP contribution in [0.3, 0.4) is 0 Å². The molecule has 1 aromatic carbocycles. The molecule has 1 aliphatic heterocycles. The second kappa shape index (κ2) is 5.99. The molecule has 0 spiro atoms. The van der Waals surface area contributed by atoms with Gasteiger partial charge in [0.15, 0.2) is 17.3 Å². The molecule has 5 heteroatoms. The lowest BCUT2D eigenvalue weighted by atomic mass is 9.92. The van der Waals surface area contributed by atoms with E-state index in [4.69, 9.17) is 18.6 Å². The first-order valence-corrected chi connectivity index (χ1v) is 8.46. The molecule has 5 nitrogen and oxygen atoms in total. The average molecular weight is 340 g/mol. The van der Waals surface area contributed by atoms with Crippen molar-refractivity contribution < 1.29 is 23.4 Å². The zero-order valence-electron chi connectivity index (χ0n) is 14.5. The molecule has 1 atom stereocenters. The standard InChI is InChI=1S/C20H20O5/c1-4-22-18-9-14(13-5-6-16-17(8-13)24-10-23-16)7-15(21)19-11(2)25-12(3)20(18)19/h5-6,8-9,14H,4,7,10H2,1-3H3. The molecule has 0 saturated heterocycles. The Morgan fingerprint density at radius 1 is 1.12 bits per heavy atom. The van der Waals surface area contributed by atoms with Crippen LogP contribution in [0.25, 0.3) is 5.76 Å². The first-order chi connectivity index (χ1) is 12.1. The maximum Gasteiger partial charge on any atom is 0.231 e. The third-order valence-electron chi connectivity index (χ3n) is 4.67. The number of hydrogen-bond acceptors (Lipinski definition) is 5. The van der Waals surface area contributed by atoms with Gasteiger partial charge in [0.25, 0.3) is 0 Å². The minimum Gasteiger partial charge on any atom is -0.493 e. The second-order valence-electron chi connectivity index (χ2n) is 6.27. The van der Waals surface area contributed by atoms with Crippen LogP contribution >= 0.6 is 0 Å². The summed E-state index contributed by atoms with van der Waals surface area (Å²) in [6, 6.07) is 5.81. The molecule has 2 aromatic rings. The summed E-state index contributed by atoms with van der Waals surface area (Å²) in [5, 5.41) is 0. The Labute approximate surface area is 146 Å². The summed E-state index contributed by atoms with van der Waals surface area (Å²) in [7, 11) is 0. The van der Waals surface area contributed by atoms with Crippen molar-refractivity contribution in [1.82, 2.24) is 0 Å². The van der Waals surface area contributed by atoms with Gasteiger partial charge in [-0.15, -0.1) is 0 Å². The highest BCUT2D eigenvalue weighted by Crippen LogP contribution is 2.41. The van der Waals surface area contributed by atoms with Gasteiger partial charge >= 0.3 is 0 Å². The molecule has 25 heavy (non-hydrogen) atoms. The fourth-order valence-corrected chi connectivity index (χ4v) is 3.58. The van der Waals surface area contributed by atoms with Crippen LogP contribution in [0.5, 0.6) is 11.5 Å². The molecule has 1 aliphatic carbocycles. The van der Waals surface area contributed by atoms with E-state index in [9.17, 15) is 4.79 Å². The summed E-state index contributed by atoms with van der Waals surface area (Å²) >= 11 is 0. The van der Waals surface area contributed by atoms with Crippen LogP contribution in [-0.4, -0.2) is 19.2 Å². The molecule has 4 rings (SSSR count). The van der Waals surface area contributed by atoms with Crippen molar-refractivity contribution in [3.8, 4) is 11.5 Å². The molecule has 0 fully saturated rings. The van der Waals surface area contributed by atoms with E-state index in [0.29, 0.717) is 35.9 Å². The number of benzene rings is 1. The predicted molar refractivity (Wildman–Crippen MR) is 92.0 cm³/mol. The highest BCUT2D eigenvalue weighted by atomic mass is 16.7. The van der Waals surface area contributed by atoms with Gasteiger partial charge in [-0.3, -0.25) is 4.79 Å². The van der Waals surface area contributed by atoms with Gasteiger partial charge in [-0.05, 0) is 44.5 Å². The lowest BCUT2D eigenvalue weighted by Gasteiger charge is -2.13. The summed E-state index contributed by atoms with van der Waals surface area (Å²) < 4.78 is 22.4. The Balaban J connectivity index is 1.80. The summed E-state index contributed by atoms with van der Waals surface area (Å²) in [5.41, 5.74) is 2.43. The summed E-state index contributed by atoms with van der Waals surface area (Å²) in [5.74, 6) is 3.50. The van der Waals surface area contributed by atoms with Gasteiger partial charge < -0.3 is 18.6 Å². The van der Waals surface area contributed by atoms with Crippen LogP contribution in [0.4, 0.5) is 0 Å². The summed E-state index contributed by atoms with van der Waals surface area (Å²) in [6.07, 6.45) is 2.38. The van der Waals surface area contributed by atoms with Crippen LogP contribution in [0.15, 0.2) is 28.7 Å². The van der Waals surface area contributed by atoms with E-state index in [1.54, 1.807) is 0 Å². The van der Waals surface area contributed by atoms with Crippen molar-refractivity contribution in [1.29, 1.82) is 0 Å². The number of ether oxygens (including phenoxy) is 3. The number of aryl methyl sites for hydroxylation is 2.